The molecule has 0 radical (unpaired) electrons. The fourth-order valence-electron chi connectivity index (χ4n) is 1.66. The van der Waals surface area contributed by atoms with Gasteiger partial charge in [-0.3, -0.25) is 0 Å². The molecule has 0 fully saturated rings. The van der Waals surface area contributed by atoms with Gasteiger partial charge in [-0.1, -0.05) is 12.1 Å². The van der Waals surface area contributed by atoms with Gasteiger partial charge in [0.1, 0.15) is 18.1 Å². The van der Waals surface area contributed by atoms with Crippen LogP contribution in [0.25, 0.3) is 11.3 Å². The highest BCUT2D eigenvalue weighted by Crippen LogP contribution is 2.30. The number of nitrogens with two attached hydrogens (primary N) is 1. The molecule has 2 aromatic rings. The molecule has 106 valence electrons. The summed E-state index contributed by atoms with van der Waals surface area (Å²) >= 11 is 0. The van der Waals surface area contributed by atoms with Crippen LogP contribution in [0.2, 0.25) is 0 Å². The molecule has 1 heterocycles. The number of rotatable bonds is 5. The summed E-state index contributed by atoms with van der Waals surface area (Å²) in [5.74, 6) is 0.855. The average molecular weight is 274 g/mol. The lowest BCUT2D eigenvalue weighted by molar-refractivity contribution is 0.261. The van der Waals surface area contributed by atoms with Crippen LogP contribution in [0.4, 0.5) is 5.82 Å². The third-order valence-corrected chi connectivity index (χ3v) is 2.76. The van der Waals surface area contributed by atoms with Crippen molar-refractivity contribution in [2.45, 2.75) is 0 Å². The minimum atomic E-state index is 0.144. The zero-order valence-electron chi connectivity index (χ0n) is 11.6. The van der Waals surface area contributed by atoms with Crippen LogP contribution in [-0.4, -0.2) is 47.5 Å². The van der Waals surface area contributed by atoms with Crippen molar-refractivity contribution in [3.63, 3.8) is 0 Å². The highest BCUT2D eigenvalue weighted by atomic mass is 16.5. The number of likely N-dealkylation sites (N-methyl/N-ethyl adjacent to an activating group) is 1. The summed E-state index contributed by atoms with van der Waals surface area (Å²) in [4.78, 5) is 2.01. The number of aromatic nitrogens is 2. The molecule has 0 aliphatic heterocycles. The Hall–Kier alpha value is -2.34. The van der Waals surface area contributed by atoms with E-state index >= 15 is 0 Å². The summed E-state index contributed by atoms with van der Waals surface area (Å²) in [5, 5.41) is 17.7. The summed E-state index contributed by atoms with van der Waals surface area (Å²) in [6.07, 6.45) is 0. The molecule has 0 unspecified atom stereocenters. The summed E-state index contributed by atoms with van der Waals surface area (Å²) in [6.45, 7) is 1.27. The molecule has 0 amide bonds. The lowest BCUT2D eigenvalue weighted by Crippen LogP contribution is -2.19. The van der Waals surface area contributed by atoms with E-state index in [1.165, 1.54) is 0 Å². The van der Waals surface area contributed by atoms with Gasteiger partial charge in [0.15, 0.2) is 11.6 Å². The lowest BCUT2D eigenvalue weighted by Gasteiger charge is -2.12. The van der Waals surface area contributed by atoms with E-state index < -0.39 is 0 Å². The number of benzene rings is 1. The molecule has 1 aromatic heterocycles. The topological polar surface area (TPSA) is 84.5 Å². The maximum atomic E-state index is 9.83. The number of para-hydroxylation sites is 1. The molecule has 6 nitrogen and oxygen atoms in total. The molecule has 0 aliphatic rings. The van der Waals surface area contributed by atoms with Crippen molar-refractivity contribution in [3.05, 3.63) is 30.3 Å². The van der Waals surface area contributed by atoms with Crippen LogP contribution in [0.15, 0.2) is 30.3 Å². The zero-order chi connectivity index (χ0) is 14.5. The Kier molecular flexibility index (Phi) is 4.37. The average Bonchev–Trinajstić information content (AvgIpc) is 2.41. The Morgan fingerprint density at radius 3 is 2.70 bits per heavy atom. The highest BCUT2D eigenvalue weighted by Gasteiger charge is 2.10. The van der Waals surface area contributed by atoms with Crippen molar-refractivity contribution < 1.29 is 9.84 Å². The first-order valence-corrected chi connectivity index (χ1v) is 6.27. The number of phenolic OH excluding ortho intramolecular Hbond substituents is 1. The third kappa shape index (κ3) is 3.36. The number of anilines is 1. The van der Waals surface area contributed by atoms with E-state index in [4.69, 9.17) is 10.5 Å². The van der Waals surface area contributed by atoms with Gasteiger partial charge in [0.05, 0.1) is 0 Å². The number of nitrogens with zero attached hydrogens (tertiary/aromatic N) is 3. The Morgan fingerprint density at radius 1 is 1.25 bits per heavy atom. The summed E-state index contributed by atoms with van der Waals surface area (Å²) in [5.41, 5.74) is 6.87. The van der Waals surface area contributed by atoms with Gasteiger partial charge in [-0.15, -0.1) is 10.2 Å². The van der Waals surface area contributed by atoms with E-state index in [0.29, 0.717) is 23.6 Å². The zero-order valence-corrected chi connectivity index (χ0v) is 11.6. The normalized spacial score (nSPS) is 10.8. The molecule has 0 spiro atoms. The van der Waals surface area contributed by atoms with Crippen molar-refractivity contribution in [2.75, 3.05) is 33.0 Å². The largest absolute Gasteiger partial charge is 0.507 e. The van der Waals surface area contributed by atoms with Crippen molar-refractivity contribution in [1.29, 1.82) is 0 Å². The van der Waals surface area contributed by atoms with Crippen molar-refractivity contribution in [3.8, 4) is 22.8 Å². The summed E-state index contributed by atoms with van der Waals surface area (Å²) in [7, 11) is 3.93. The van der Waals surface area contributed by atoms with E-state index in [-0.39, 0.29) is 11.6 Å². The molecule has 3 N–H and O–H groups in total. The number of hydrogen-bond donors (Lipinski definition) is 2. The molecule has 1 aromatic carbocycles. The van der Waals surface area contributed by atoms with Gasteiger partial charge >= 0.3 is 0 Å². The van der Waals surface area contributed by atoms with E-state index in [1.807, 2.05) is 25.1 Å². The second kappa shape index (κ2) is 6.21. The highest BCUT2D eigenvalue weighted by molar-refractivity contribution is 5.68. The van der Waals surface area contributed by atoms with Crippen LogP contribution in [-0.2, 0) is 0 Å². The van der Waals surface area contributed by atoms with E-state index in [2.05, 4.69) is 10.2 Å². The van der Waals surface area contributed by atoms with Crippen LogP contribution in [0.3, 0.4) is 0 Å². The van der Waals surface area contributed by atoms with Crippen LogP contribution in [0, 0.1) is 0 Å². The predicted octanol–water partition coefficient (Wildman–Crippen LogP) is 1.37. The van der Waals surface area contributed by atoms with Gasteiger partial charge in [-0.25, -0.2) is 0 Å². The standard InChI is InChI=1S/C14H18N4O2/c1-18(2)7-8-20-13-9-11(16-17-14(13)15)10-5-3-4-6-12(10)19/h3-6,9,19H,7-8H2,1-2H3,(H2,15,17). The van der Waals surface area contributed by atoms with Crippen LogP contribution >= 0.6 is 0 Å². The molecular formula is C14H18N4O2. The summed E-state index contributed by atoms with van der Waals surface area (Å²) in [6, 6.07) is 8.61. The van der Waals surface area contributed by atoms with Crippen molar-refractivity contribution >= 4 is 5.82 Å². The molecule has 0 saturated heterocycles. The Labute approximate surface area is 117 Å². The molecule has 0 atom stereocenters. The van der Waals surface area contributed by atoms with Crippen molar-refractivity contribution in [2.24, 2.45) is 0 Å². The first kappa shape index (κ1) is 14.1. The molecular weight excluding hydrogens is 256 g/mol. The second-order valence-electron chi connectivity index (χ2n) is 4.65. The minimum absolute atomic E-state index is 0.144. The fourth-order valence-corrected chi connectivity index (χ4v) is 1.66. The lowest BCUT2D eigenvalue weighted by atomic mass is 10.1. The van der Waals surface area contributed by atoms with E-state index in [9.17, 15) is 5.11 Å². The number of hydrogen-bond acceptors (Lipinski definition) is 6. The monoisotopic (exact) mass is 274 g/mol. The first-order chi connectivity index (χ1) is 9.58. The number of nitrogen functional groups attached to an aromatic ring is 1. The predicted molar refractivity (Wildman–Crippen MR) is 77.6 cm³/mol. The van der Waals surface area contributed by atoms with Crippen LogP contribution in [0.5, 0.6) is 11.5 Å². The molecule has 2 rings (SSSR count). The second-order valence-corrected chi connectivity index (χ2v) is 4.65. The number of phenols is 1. The van der Waals surface area contributed by atoms with Crippen molar-refractivity contribution in [1.82, 2.24) is 15.1 Å². The van der Waals surface area contributed by atoms with Crippen LogP contribution < -0.4 is 10.5 Å². The maximum Gasteiger partial charge on any atom is 0.188 e. The van der Waals surface area contributed by atoms with Gasteiger partial charge in [0.25, 0.3) is 0 Å². The molecule has 20 heavy (non-hydrogen) atoms. The number of ether oxygens (including phenoxy) is 1. The van der Waals surface area contributed by atoms with Gasteiger partial charge in [0.2, 0.25) is 0 Å². The molecule has 6 heteroatoms. The third-order valence-electron chi connectivity index (χ3n) is 2.76. The Balaban J connectivity index is 2.22. The van der Waals surface area contributed by atoms with E-state index in [0.717, 1.165) is 6.54 Å². The van der Waals surface area contributed by atoms with Gasteiger partial charge in [-0.2, -0.15) is 0 Å². The Morgan fingerprint density at radius 2 is 2.00 bits per heavy atom. The minimum Gasteiger partial charge on any atom is -0.507 e. The molecule has 0 aliphatic carbocycles. The first-order valence-electron chi connectivity index (χ1n) is 6.27. The number of aromatic hydroxyl groups is 1. The summed E-state index contributed by atoms with van der Waals surface area (Å²) < 4.78 is 5.60. The fraction of sp³-hybridized carbons (Fsp3) is 0.286. The molecule has 0 saturated carbocycles. The Bertz CT molecular complexity index is 587. The quantitative estimate of drug-likeness (QED) is 0.856. The van der Waals surface area contributed by atoms with Gasteiger partial charge in [-0.05, 0) is 26.2 Å². The van der Waals surface area contributed by atoms with Gasteiger partial charge in [0, 0.05) is 18.2 Å². The molecule has 0 bridgehead atoms. The van der Waals surface area contributed by atoms with E-state index in [1.54, 1.807) is 24.3 Å². The smallest absolute Gasteiger partial charge is 0.188 e. The maximum absolute atomic E-state index is 9.83. The van der Waals surface area contributed by atoms with Gasteiger partial charge < -0.3 is 20.5 Å². The van der Waals surface area contributed by atoms with Crippen LogP contribution in [0.1, 0.15) is 0 Å². The SMILES string of the molecule is CN(C)CCOc1cc(-c2ccccc2O)nnc1N.